The molecule has 7 nitrogen and oxygen atoms in total. The fraction of sp³-hybridized carbons (Fsp3) is 0.455. The third-order valence-electron chi connectivity index (χ3n) is 5.78. The summed E-state index contributed by atoms with van der Waals surface area (Å²) < 4.78 is 55.5. The summed E-state index contributed by atoms with van der Waals surface area (Å²) in [5.41, 5.74) is 0.397. The smallest absolute Gasteiger partial charge is 0.387 e. The summed E-state index contributed by atoms with van der Waals surface area (Å²) >= 11 is 0. The minimum absolute atomic E-state index is 0.232. The highest BCUT2D eigenvalue weighted by atomic mass is 19.3. The Labute approximate surface area is 183 Å². The zero-order chi connectivity index (χ0) is 23.6. The molecule has 0 saturated carbocycles. The number of pyridine rings is 1. The van der Waals surface area contributed by atoms with E-state index < -0.39 is 41.7 Å². The molecular weight excluding hydrogens is 429 g/mol. The zero-order valence-electron chi connectivity index (χ0n) is 18.1. The monoisotopic (exact) mass is 454 g/mol. The lowest BCUT2D eigenvalue weighted by molar-refractivity contribution is -0.131. The van der Waals surface area contributed by atoms with Gasteiger partial charge in [0.2, 0.25) is 5.82 Å². The summed E-state index contributed by atoms with van der Waals surface area (Å²) in [6, 6.07) is 5.65. The molecule has 32 heavy (non-hydrogen) atoms. The van der Waals surface area contributed by atoms with Crippen molar-refractivity contribution in [2.45, 2.75) is 51.6 Å². The normalized spacial score (nSPS) is 22.1. The molecule has 1 aliphatic heterocycles. The first kappa shape index (κ1) is 23.8. The summed E-state index contributed by atoms with van der Waals surface area (Å²) in [5.74, 6) is -3.40. The topological polar surface area (TPSA) is 89.9 Å². The van der Waals surface area contributed by atoms with E-state index in [0.717, 1.165) is 6.07 Å². The molecule has 174 valence electrons. The molecule has 2 heterocycles. The number of ether oxygens (including phenoxy) is 3. The maximum atomic E-state index is 14.9. The molecule has 3 atom stereocenters. The largest absolute Gasteiger partial charge is 0.493 e. The molecule has 1 saturated heterocycles. The number of aromatic nitrogens is 1. The van der Waals surface area contributed by atoms with Crippen molar-refractivity contribution in [2.75, 3.05) is 12.4 Å². The Kier molecular flexibility index (Phi) is 6.94. The van der Waals surface area contributed by atoms with Crippen LogP contribution in [0.5, 0.6) is 11.5 Å². The first-order valence-corrected chi connectivity index (χ1v) is 9.94. The van der Waals surface area contributed by atoms with Gasteiger partial charge in [0.1, 0.15) is 6.10 Å². The predicted octanol–water partition coefficient (Wildman–Crippen LogP) is 3.86. The number of anilines is 1. The number of methoxy groups -OCH3 is 1. The second-order valence-electron chi connectivity index (χ2n) is 8.02. The first-order chi connectivity index (χ1) is 15.1. The van der Waals surface area contributed by atoms with Crippen molar-refractivity contribution in [2.24, 2.45) is 5.92 Å². The van der Waals surface area contributed by atoms with Crippen LogP contribution in [-0.4, -0.2) is 41.4 Å². The van der Waals surface area contributed by atoms with Gasteiger partial charge in [-0.05, 0) is 38.0 Å². The number of hydrogen-bond acceptors (Lipinski definition) is 6. The van der Waals surface area contributed by atoms with E-state index in [4.69, 9.17) is 14.6 Å². The Morgan fingerprint density at radius 1 is 1.31 bits per heavy atom. The van der Waals surface area contributed by atoms with Crippen LogP contribution in [-0.2, 0) is 16.1 Å². The lowest BCUT2D eigenvalue weighted by Crippen LogP contribution is -2.33. The molecule has 0 radical (unpaired) electrons. The zero-order valence-corrected chi connectivity index (χ0v) is 18.1. The Hall–Kier alpha value is -2.85. The molecule has 1 aromatic heterocycles. The van der Waals surface area contributed by atoms with E-state index in [1.807, 2.05) is 20.8 Å². The lowest BCUT2D eigenvalue weighted by atomic mass is 9.78. The number of nitrogens with one attached hydrogen (secondary N) is 1. The van der Waals surface area contributed by atoms with Crippen molar-refractivity contribution in [1.82, 2.24) is 4.98 Å². The third-order valence-corrected chi connectivity index (χ3v) is 5.78. The second-order valence-corrected chi connectivity index (χ2v) is 8.02. The van der Waals surface area contributed by atoms with Crippen LogP contribution < -0.4 is 14.8 Å². The van der Waals surface area contributed by atoms with Gasteiger partial charge < -0.3 is 24.6 Å². The van der Waals surface area contributed by atoms with Gasteiger partial charge in [-0.2, -0.15) is 13.2 Å². The molecule has 2 N–H and O–H groups in total. The van der Waals surface area contributed by atoms with Crippen molar-refractivity contribution in [3.05, 3.63) is 47.5 Å². The number of hydrogen-bond donors (Lipinski definition) is 2. The van der Waals surface area contributed by atoms with Gasteiger partial charge in [-0.1, -0.05) is 13.0 Å². The number of aliphatic hydroxyl groups excluding tert-OH is 1. The molecule has 1 aromatic carbocycles. The first-order valence-electron chi connectivity index (χ1n) is 9.94. The van der Waals surface area contributed by atoms with Gasteiger partial charge in [-0.15, -0.1) is 0 Å². The van der Waals surface area contributed by atoms with Crippen LogP contribution in [0.15, 0.2) is 30.5 Å². The molecule has 1 fully saturated rings. The lowest BCUT2D eigenvalue weighted by Gasteiger charge is -2.26. The van der Waals surface area contributed by atoms with E-state index in [9.17, 15) is 18.0 Å². The highest BCUT2D eigenvalue weighted by Gasteiger charge is 2.51. The average molecular weight is 454 g/mol. The Morgan fingerprint density at radius 2 is 2.03 bits per heavy atom. The van der Waals surface area contributed by atoms with Crippen molar-refractivity contribution >= 4 is 11.6 Å². The van der Waals surface area contributed by atoms with Crippen LogP contribution in [0.3, 0.4) is 0 Å². The average Bonchev–Trinajstić information content (AvgIpc) is 2.99. The number of amides is 1. The number of aliphatic hydroxyl groups is 1. The minimum atomic E-state index is -3.20. The number of carbonyl (C=O) groups excluding carboxylic acids is 1. The number of alkyl halides is 2. The SMILES string of the molecule is COc1c([C@H]2[C@H](C(=O)Nc3ccc(CO)nc3)OC(C)(C)[C@H]2C)ccc(OC(F)F)c1F. The molecule has 2 aromatic rings. The molecule has 0 spiro atoms. The van der Waals surface area contributed by atoms with E-state index in [2.05, 4.69) is 15.0 Å². The molecular formula is C22H25F3N2O5. The number of rotatable bonds is 7. The van der Waals surface area contributed by atoms with Crippen LogP contribution in [0.25, 0.3) is 0 Å². The third kappa shape index (κ3) is 4.66. The number of benzene rings is 1. The highest BCUT2D eigenvalue weighted by molar-refractivity contribution is 5.95. The molecule has 0 unspecified atom stereocenters. The van der Waals surface area contributed by atoms with Gasteiger partial charge in [0.25, 0.3) is 5.91 Å². The second kappa shape index (κ2) is 9.33. The van der Waals surface area contributed by atoms with E-state index in [0.29, 0.717) is 16.9 Å². The van der Waals surface area contributed by atoms with E-state index in [-0.39, 0.29) is 18.3 Å². The van der Waals surface area contributed by atoms with Gasteiger partial charge in [-0.3, -0.25) is 9.78 Å². The van der Waals surface area contributed by atoms with Gasteiger partial charge in [0.05, 0.1) is 36.9 Å². The number of carbonyl (C=O) groups is 1. The van der Waals surface area contributed by atoms with Crippen LogP contribution >= 0.6 is 0 Å². The van der Waals surface area contributed by atoms with Gasteiger partial charge in [0, 0.05) is 11.5 Å². The molecule has 0 bridgehead atoms. The van der Waals surface area contributed by atoms with Gasteiger partial charge in [0.15, 0.2) is 11.5 Å². The summed E-state index contributed by atoms with van der Waals surface area (Å²) in [6.07, 6.45) is 0.381. The van der Waals surface area contributed by atoms with E-state index >= 15 is 0 Å². The fourth-order valence-electron chi connectivity index (χ4n) is 3.87. The predicted molar refractivity (Wildman–Crippen MR) is 109 cm³/mol. The highest BCUT2D eigenvalue weighted by Crippen LogP contribution is 2.50. The van der Waals surface area contributed by atoms with Crippen molar-refractivity contribution in [1.29, 1.82) is 0 Å². The minimum Gasteiger partial charge on any atom is -0.493 e. The molecule has 3 rings (SSSR count). The van der Waals surface area contributed by atoms with E-state index in [1.165, 1.54) is 19.4 Å². The van der Waals surface area contributed by atoms with Crippen molar-refractivity contribution in [3.8, 4) is 11.5 Å². The van der Waals surface area contributed by atoms with Gasteiger partial charge in [-0.25, -0.2) is 0 Å². The summed E-state index contributed by atoms with van der Waals surface area (Å²) in [5, 5.41) is 11.8. The summed E-state index contributed by atoms with van der Waals surface area (Å²) in [7, 11) is 1.21. The Morgan fingerprint density at radius 3 is 2.59 bits per heavy atom. The van der Waals surface area contributed by atoms with Crippen LogP contribution in [0, 0.1) is 11.7 Å². The van der Waals surface area contributed by atoms with Crippen LogP contribution in [0.4, 0.5) is 18.9 Å². The molecule has 1 amide bonds. The maximum Gasteiger partial charge on any atom is 0.387 e. The number of nitrogens with zero attached hydrogens (tertiary/aromatic N) is 1. The van der Waals surface area contributed by atoms with Crippen molar-refractivity contribution in [3.63, 3.8) is 0 Å². The van der Waals surface area contributed by atoms with Gasteiger partial charge >= 0.3 is 6.61 Å². The maximum absolute atomic E-state index is 14.9. The fourth-order valence-corrected chi connectivity index (χ4v) is 3.87. The Bertz CT molecular complexity index is 969. The summed E-state index contributed by atoms with van der Waals surface area (Å²) in [6.45, 7) is 2.05. The van der Waals surface area contributed by atoms with Crippen molar-refractivity contribution < 1.29 is 37.3 Å². The van der Waals surface area contributed by atoms with Crippen LogP contribution in [0.2, 0.25) is 0 Å². The standard InChI is InChI=1S/C22H25F3N2O5/c1-11-16(14-7-8-15(31-21(24)25)17(23)18(14)30-4)19(32-22(11,2)3)20(29)27-12-5-6-13(10-28)26-9-12/h5-9,11,16,19,21,28H,10H2,1-4H3,(H,27,29)/t11-,16-,19+/m0/s1. The summed E-state index contributed by atoms with van der Waals surface area (Å²) in [4.78, 5) is 17.1. The van der Waals surface area contributed by atoms with E-state index in [1.54, 1.807) is 12.1 Å². The van der Waals surface area contributed by atoms with Crippen LogP contribution in [0.1, 0.15) is 37.9 Å². The molecule has 10 heteroatoms. The quantitative estimate of drug-likeness (QED) is 0.661. The number of halogens is 3. The molecule has 1 aliphatic rings. The Balaban J connectivity index is 1.96. The molecule has 0 aliphatic carbocycles.